The molecule has 11 atom stereocenters. The van der Waals surface area contributed by atoms with E-state index in [1.807, 2.05) is 6.92 Å². The third kappa shape index (κ3) is 3.17. The molecule has 4 fully saturated rings. The van der Waals surface area contributed by atoms with Crippen LogP contribution in [0.4, 0.5) is 0 Å². The first-order chi connectivity index (χ1) is 16.6. The number of esters is 1. The number of fused-ring (bicyclic) bond motifs is 7. The molecule has 5 rings (SSSR count). The van der Waals surface area contributed by atoms with Crippen LogP contribution in [0.15, 0.2) is 11.6 Å². The molecule has 0 saturated heterocycles. The molecular weight excluding hydrogens is 448 g/mol. The maximum absolute atomic E-state index is 12.9. The molecule has 6 unspecified atom stereocenters. The van der Waals surface area contributed by atoms with E-state index in [1.54, 1.807) is 5.57 Å². The largest absolute Gasteiger partial charge is 0.481 e. The molecule has 202 valence electrons. The van der Waals surface area contributed by atoms with E-state index in [-0.39, 0.29) is 28.1 Å². The first-order valence-corrected chi connectivity index (χ1v) is 14.8. The van der Waals surface area contributed by atoms with Gasteiger partial charge in [0.15, 0.2) is 0 Å². The molecule has 0 amide bonds. The summed E-state index contributed by atoms with van der Waals surface area (Å²) >= 11 is 0. The van der Waals surface area contributed by atoms with E-state index in [1.165, 1.54) is 32.6 Å². The zero-order valence-electron chi connectivity index (χ0n) is 24.1. The van der Waals surface area contributed by atoms with Gasteiger partial charge in [0.25, 0.3) is 0 Å². The number of hydrogen-bond acceptors (Lipinski definition) is 3. The van der Waals surface area contributed by atoms with E-state index < -0.39 is 17.5 Å². The van der Waals surface area contributed by atoms with Gasteiger partial charge in [-0.2, -0.15) is 0 Å². The lowest BCUT2D eigenvalue weighted by molar-refractivity contribution is -0.223. The van der Waals surface area contributed by atoms with Crippen LogP contribution in [0.3, 0.4) is 0 Å². The first kappa shape index (κ1) is 26.3. The van der Waals surface area contributed by atoms with Crippen LogP contribution in [0.2, 0.25) is 0 Å². The Labute approximate surface area is 219 Å². The van der Waals surface area contributed by atoms with Gasteiger partial charge in [-0.25, -0.2) is 0 Å². The van der Waals surface area contributed by atoms with Crippen LogP contribution in [0.25, 0.3) is 0 Å². The van der Waals surface area contributed by atoms with Crippen LogP contribution in [-0.4, -0.2) is 23.1 Å². The molecule has 4 nitrogen and oxygen atoms in total. The van der Waals surface area contributed by atoms with Crippen molar-refractivity contribution in [2.75, 3.05) is 0 Å². The van der Waals surface area contributed by atoms with Crippen molar-refractivity contribution in [3.63, 3.8) is 0 Å². The second-order valence-electron chi connectivity index (χ2n) is 15.0. The van der Waals surface area contributed by atoms with Crippen LogP contribution in [0, 0.1) is 56.7 Å². The summed E-state index contributed by atoms with van der Waals surface area (Å²) in [6.45, 7) is 18.4. The Morgan fingerprint density at radius 2 is 1.61 bits per heavy atom. The summed E-state index contributed by atoms with van der Waals surface area (Å²) in [6.07, 6.45) is 12.0. The number of allylic oxidation sites excluding steroid dienone is 2. The maximum Gasteiger partial charge on any atom is 0.313 e. The minimum atomic E-state index is -1.04. The molecule has 4 heteroatoms. The molecule has 0 spiro atoms. The van der Waals surface area contributed by atoms with Gasteiger partial charge in [-0.15, -0.1) is 0 Å². The third-order valence-corrected chi connectivity index (χ3v) is 13.8. The number of rotatable bonds is 2. The molecule has 5 aliphatic rings. The molecule has 5 aliphatic carbocycles. The predicted octanol–water partition coefficient (Wildman–Crippen LogP) is 7.66. The summed E-state index contributed by atoms with van der Waals surface area (Å²) in [7, 11) is 0. The summed E-state index contributed by atoms with van der Waals surface area (Å²) in [5.74, 6) is 1.47. The summed E-state index contributed by atoms with van der Waals surface area (Å²) in [5.41, 5.74) is 1.40. The Morgan fingerprint density at radius 3 is 2.25 bits per heavy atom. The Kier molecular flexibility index (Phi) is 5.91. The van der Waals surface area contributed by atoms with Gasteiger partial charge in [0.2, 0.25) is 0 Å². The van der Waals surface area contributed by atoms with E-state index in [2.05, 4.69) is 47.6 Å². The number of carbonyl (C=O) groups is 2. The van der Waals surface area contributed by atoms with Crippen molar-refractivity contribution in [2.24, 2.45) is 56.7 Å². The van der Waals surface area contributed by atoms with E-state index in [0.717, 1.165) is 37.5 Å². The van der Waals surface area contributed by atoms with Crippen LogP contribution in [-0.2, 0) is 14.3 Å². The van der Waals surface area contributed by atoms with Crippen molar-refractivity contribution < 1.29 is 19.4 Å². The Bertz CT molecular complexity index is 985. The van der Waals surface area contributed by atoms with E-state index in [9.17, 15) is 14.7 Å². The smallest absolute Gasteiger partial charge is 0.313 e. The summed E-state index contributed by atoms with van der Waals surface area (Å²) in [4.78, 5) is 24.8. The molecule has 0 bridgehead atoms. The number of aliphatic carboxylic acids is 1. The average molecular weight is 499 g/mol. The van der Waals surface area contributed by atoms with Crippen molar-refractivity contribution in [1.82, 2.24) is 0 Å². The molecule has 0 aromatic rings. The Hall–Kier alpha value is -1.32. The average Bonchev–Trinajstić information content (AvgIpc) is 2.79. The van der Waals surface area contributed by atoms with Crippen LogP contribution in [0.1, 0.15) is 113 Å². The van der Waals surface area contributed by atoms with Crippen LogP contribution < -0.4 is 0 Å². The first-order valence-electron chi connectivity index (χ1n) is 14.8. The van der Waals surface area contributed by atoms with Crippen molar-refractivity contribution >= 4 is 11.9 Å². The number of ether oxygens (including phenoxy) is 1. The quantitative estimate of drug-likeness (QED) is 0.313. The minimum absolute atomic E-state index is 0.0136. The Balaban J connectivity index is 1.57. The zero-order valence-corrected chi connectivity index (χ0v) is 24.1. The summed E-state index contributed by atoms with van der Waals surface area (Å²) < 4.78 is 5.69. The van der Waals surface area contributed by atoms with Crippen LogP contribution in [0.5, 0.6) is 0 Å². The fourth-order valence-electron chi connectivity index (χ4n) is 11.2. The lowest BCUT2D eigenvalue weighted by atomic mass is 9.33. The number of carboxylic acid groups (broad SMARTS) is 1. The molecule has 0 aromatic heterocycles. The number of carboxylic acids is 1. The second-order valence-corrected chi connectivity index (χ2v) is 15.0. The van der Waals surface area contributed by atoms with Crippen molar-refractivity contribution in [2.45, 2.75) is 119 Å². The lowest BCUT2D eigenvalue weighted by Crippen LogP contribution is -2.66. The SMILES string of the molecule is CC(=O)OC1CC[C@@]2(C)C(CC[C@]3(C)C2CC=C2C4C(C)C(C)CC[C@]4(C)CC[C@]23C)[C@@]1(C)C(=O)O. The van der Waals surface area contributed by atoms with Crippen LogP contribution >= 0.6 is 0 Å². The molecular formula is C32H50O4. The van der Waals surface area contributed by atoms with Crippen molar-refractivity contribution in [3.8, 4) is 0 Å². The zero-order chi connectivity index (χ0) is 26.5. The van der Waals surface area contributed by atoms with E-state index in [4.69, 9.17) is 4.74 Å². The van der Waals surface area contributed by atoms with Gasteiger partial charge in [0, 0.05) is 6.92 Å². The second kappa shape index (κ2) is 8.09. The van der Waals surface area contributed by atoms with Gasteiger partial charge in [-0.3, -0.25) is 9.59 Å². The predicted molar refractivity (Wildman–Crippen MR) is 142 cm³/mol. The normalized spacial score (nSPS) is 54.2. The van der Waals surface area contributed by atoms with Gasteiger partial charge in [0.05, 0.1) is 0 Å². The highest BCUT2D eigenvalue weighted by Gasteiger charge is 2.70. The maximum atomic E-state index is 12.9. The summed E-state index contributed by atoms with van der Waals surface area (Å²) in [5, 5.41) is 10.5. The van der Waals surface area contributed by atoms with Crippen molar-refractivity contribution in [1.29, 1.82) is 0 Å². The third-order valence-electron chi connectivity index (χ3n) is 13.8. The minimum Gasteiger partial charge on any atom is -0.481 e. The molecule has 0 heterocycles. The molecule has 36 heavy (non-hydrogen) atoms. The van der Waals surface area contributed by atoms with Gasteiger partial charge in [0.1, 0.15) is 11.5 Å². The summed E-state index contributed by atoms with van der Waals surface area (Å²) in [6, 6.07) is 0. The van der Waals surface area contributed by atoms with Gasteiger partial charge in [-0.05, 0) is 116 Å². The fraction of sp³-hybridized carbons (Fsp3) is 0.875. The Morgan fingerprint density at radius 1 is 0.917 bits per heavy atom. The highest BCUT2D eigenvalue weighted by atomic mass is 16.5. The highest BCUT2D eigenvalue weighted by Crippen LogP contribution is 2.75. The molecule has 4 saturated carbocycles. The van der Waals surface area contributed by atoms with E-state index >= 15 is 0 Å². The molecule has 1 N–H and O–H groups in total. The molecule has 0 aliphatic heterocycles. The van der Waals surface area contributed by atoms with Gasteiger partial charge < -0.3 is 9.84 Å². The molecule has 0 radical (unpaired) electrons. The molecule has 0 aromatic carbocycles. The monoisotopic (exact) mass is 498 g/mol. The van der Waals surface area contributed by atoms with Gasteiger partial charge >= 0.3 is 11.9 Å². The van der Waals surface area contributed by atoms with Gasteiger partial charge in [-0.1, -0.05) is 53.2 Å². The van der Waals surface area contributed by atoms with Crippen molar-refractivity contribution in [3.05, 3.63) is 11.6 Å². The fourth-order valence-corrected chi connectivity index (χ4v) is 11.2. The highest BCUT2D eigenvalue weighted by molar-refractivity contribution is 5.77. The van der Waals surface area contributed by atoms with E-state index in [0.29, 0.717) is 23.7 Å². The standard InChI is InChI=1S/C32H50O4/c1-19-11-14-28(4)17-18-30(6)22(26(28)20(19)2)9-10-23-29(5)15-13-25(36-21(3)33)32(8,27(34)35)24(29)12-16-31(23,30)7/h9,19-20,23-26H,10-18H2,1-8H3,(H,34,35)/t19?,20?,23?,24?,25?,26?,28-,29-,30-,31-,32-/m1/s1. The number of hydrogen-bond donors (Lipinski definition) is 1. The number of carbonyl (C=O) groups excluding carboxylic acids is 1. The topological polar surface area (TPSA) is 63.6 Å². The lowest BCUT2D eigenvalue weighted by Gasteiger charge is -2.71.